The van der Waals surface area contributed by atoms with Crippen LogP contribution in [0.1, 0.15) is 69.0 Å². The zero-order valence-electron chi connectivity index (χ0n) is 10.9. The van der Waals surface area contributed by atoms with Crippen molar-refractivity contribution in [2.24, 2.45) is 0 Å². The molecule has 0 radical (unpaired) electrons. The van der Waals surface area contributed by atoms with Crippen LogP contribution in [-0.2, 0) is 11.2 Å². The van der Waals surface area contributed by atoms with Gasteiger partial charge in [-0.05, 0) is 25.7 Å². The maximum absolute atomic E-state index is 5.61. The fraction of sp³-hybridized carbons (Fsp3) is 0.857. The van der Waals surface area contributed by atoms with Crippen LogP contribution in [0.3, 0.4) is 0 Å². The molecule has 1 atom stereocenters. The van der Waals surface area contributed by atoms with Crippen molar-refractivity contribution in [3.8, 4) is 0 Å². The minimum absolute atomic E-state index is 0.310. The molecule has 0 aromatic carbocycles. The first-order chi connectivity index (χ1) is 8.92. The molecule has 2 aliphatic rings. The first-order valence-corrected chi connectivity index (χ1v) is 7.36. The van der Waals surface area contributed by atoms with Crippen LogP contribution >= 0.6 is 0 Å². The molecule has 4 nitrogen and oxygen atoms in total. The van der Waals surface area contributed by atoms with Gasteiger partial charge in [0.15, 0.2) is 5.82 Å². The normalized spacial score (nSPS) is 26.3. The van der Waals surface area contributed by atoms with Gasteiger partial charge in [0.1, 0.15) is 0 Å². The van der Waals surface area contributed by atoms with Crippen LogP contribution in [0.25, 0.3) is 0 Å². The minimum atomic E-state index is 0.310. The summed E-state index contributed by atoms with van der Waals surface area (Å²) in [5.74, 6) is 2.20. The molecule has 100 valence electrons. The van der Waals surface area contributed by atoms with Crippen molar-refractivity contribution in [2.45, 2.75) is 69.8 Å². The molecule has 1 aliphatic heterocycles. The third-order valence-corrected chi connectivity index (χ3v) is 4.12. The standard InChI is InChI=1S/C14H22N2O2/c1-2-4-7-11(6-3-1)14-15-13(16-18-14)10-12-8-5-9-17-12/h11-12H,1-10H2. The van der Waals surface area contributed by atoms with Crippen molar-refractivity contribution >= 4 is 0 Å². The van der Waals surface area contributed by atoms with Crippen LogP contribution in [0.15, 0.2) is 4.52 Å². The van der Waals surface area contributed by atoms with Crippen molar-refractivity contribution in [1.82, 2.24) is 10.1 Å². The number of hydrogen-bond donors (Lipinski definition) is 0. The van der Waals surface area contributed by atoms with Crippen molar-refractivity contribution in [3.63, 3.8) is 0 Å². The van der Waals surface area contributed by atoms with Crippen LogP contribution in [0.2, 0.25) is 0 Å². The van der Waals surface area contributed by atoms with E-state index in [-0.39, 0.29) is 0 Å². The summed E-state index contributed by atoms with van der Waals surface area (Å²) in [7, 11) is 0. The molecule has 1 saturated heterocycles. The summed E-state index contributed by atoms with van der Waals surface area (Å²) in [6.45, 7) is 0.887. The number of aromatic nitrogens is 2. The number of nitrogens with zero attached hydrogens (tertiary/aromatic N) is 2. The van der Waals surface area contributed by atoms with Gasteiger partial charge in [0, 0.05) is 18.9 Å². The van der Waals surface area contributed by atoms with Crippen LogP contribution in [0.4, 0.5) is 0 Å². The third-order valence-electron chi connectivity index (χ3n) is 4.12. The molecule has 0 spiro atoms. The largest absolute Gasteiger partial charge is 0.378 e. The molecule has 1 unspecified atom stereocenters. The Balaban J connectivity index is 1.60. The Hall–Kier alpha value is -0.900. The second-order valence-electron chi connectivity index (χ2n) is 5.58. The van der Waals surface area contributed by atoms with Crippen molar-refractivity contribution in [1.29, 1.82) is 0 Å². The summed E-state index contributed by atoms with van der Waals surface area (Å²) in [4.78, 5) is 4.58. The topological polar surface area (TPSA) is 48.2 Å². The van der Waals surface area contributed by atoms with Crippen molar-refractivity contribution in [2.75, 3.05) is 6.61 Å². The second kappa shape index (κ2) is 5.83. The van der Waals surface area contributed by atoms with E-state index in [0.29, 0.717) is 12.0 Å². The van der Waals surface area contributed by atoms with E-state index in [9.17, 15) is 0 Å². The lowest BCUT2D eigenvalue weighted by atomic mass is 10.0. The fourth-order valence-corrected chi connectivity index (χ4v) is 3.05. The average molecular weight is 250 g/mol. The predicted octanol–water partition coefficient (Wildman–Crippen LogP) is 3.23. The Kier molecular flexibility index (Phi) is 3.93. The highest BCUT2D eigenvalue weighted by Gasteiger charge is 2.23. The van der Waals surface area contributed by atoms with Gasteiger partial charge in [-0.3, -0.25) is 0 Å². The van der Waals surface area contributed by atoms with Gasteiger partial charge in [-0.25, -0.2) is 0 Å². The zero-order chi connectivity index (χ0) is 12.2. The predicted molar refractivity (Wildman–Crippen MR) is 67.4 cm³/mol. The smallest absolute Gasteiger partial charge is 0.229 e. The highest BCUT2D eigenvalue weighted by atomic mass is 16.5. The summed E-state index contributed by atoms with van der Waals surface area (Å²) >= 11 is 0. The molecule has 18 heavy (non-hydrogen) atoms. The Labute approximate surface area is 108 Å². The molecule has 1 aromatic heterocycles. The van der Waals surface area contributed by atoms with E-state index in [2.05, 4.69) is 10.1 Å². The van der Waals surface area contributed by atoms with Gasteiger partial charge in [-0.2, -0.15) is 4.98 Å². The van der Waals surface area contributed by atoms with Crippen molar-refractivity contribution in [3.05, 3.63) is 11.7 Å². The van der Waals surface area contributed by atoms with Gasteiger partial charge < -0.3 is 9.26 Å². The van der Waals surface area contributed by atoms with Gasteiger partial charge in [0.25, 0.3) is 0 Å². The summed E-state index contributed by atoms with van der Waals surface area (Å²) in [5.41, 5.74) is 0. The lowest BCUT2D eigenvalue weighted by Crippen LogP contribution is -2.10. The number of hydrogen-bond acceptors (Lipinski definition) is 4. The lowest BCUT2D eigenvalue weighted by molar-refractivity contribution is 0.109. The molecule has 0 bridgehead atoms. The van der Waals surface area contributed by atoms with Gasteiger partial charge in [0.05, 0.1) is 6.10 Å². The van der Waals surface area contributed by atoms with Crippen LogP contribution in [0.5, 0.6) is 0 Å². The summed E-state index contributed by atoms with van der Waals surface area (Å²) in [6, 6.07) is 0. The van der Waals surface area contributed by atoms with Gasteiger partial charge in [-0.15, -0.1) is 0 Å². The number of ether oxygens (including phenoxy) is 1. The van der Waals surface area contributed by atoms with E-state index < -0.39 is 0 Å². The molecule has 1 aromatic rings. The van der Waals surface area contributed by atoms with E-state index in [4.69, 9.17) is 9.26 Å². The van der Waals surface area contributed by atoms with Crippen LogP contribution in [0, 0.1) is 0 Å². The van der Waals surface area contributed by atoms with Crippen LogP contribution in [-0.4, -0.2) is 22.9 Å². The molecule has 2 heterocycles. The minimum Gasteiger partial charge on any atom is -0.378 e. The SMILES string of the molecule is C1CCCC(c2nc(CC3CCCO3)no2)CC1. The van der Waals surface area contributed by atoms with Crippen molar-refractivity contribution < 1.29 is 9.26 Å². The van der Waals surface area contributed by atoms with E-state index in [1.807, 2.05) is 0 Å². The first-order valence-electron chi connectivity index (χ1n) is 7.36. The van der Waals surface area contributed by atoms with Gasteiger partial charge in [-0.1, -0.05) is 30.8 Å². The van der Waals surface area contributed by atoms with E-state index in [0.717, 1.165) is 37.6 Å². The van der Waals surface area contributed by atoms with E-state index in [1.165, 1.54) is 38.5 Å². The summed E-state index contributed by atoms with van der Waals surface area (Å²) in [6.07, 6.45) is 11.2. The van der Waals surface area contributed by atoms with Gasteiger partial charge in [0.2, 0.25) is 5.89 Å². The lowest BCUT2D eigenvalue weighted by Gasteiger charge is -2.07. The fourth-order valence-electron chi connectivity index (χ4n) is 3.05. The molecular weight excluding hydrogens is 228 g/mol. The Morgan fingerprint density at radius 3 is 2.56 bits per heavy atom. The molecular formula is C14H22N2O2. The quantitative estimate of drug-likeness (QED) is 0.773. The summed E-state index contributed by atoms with van der Waals surface area (Å²) in [5, 5.41) is 4.12. The third kappa shape index (κ3) is 2.91. The molecule has 1 saturated carbocycles. The molecule has 2 fully saturated rings. The average Bonchev–Trinajstić information content (AvgIpc) is 2.97. The Morgan fingerprint density at radius 1 is 1.00 bits per heavy atom. The van der Waals surface area contributed by atoms with Crippen LogP contribution < -0.4 is 0 Å². The highest BCUT2D eigenvalue weighted by molar-refractivity contribution is 4.96. The Bertz CT molecular complexity index is 364. The van der Waals surface area contributed by atoms with Gasteiger partial charge >= 0.3 is 0 Å². The monoisotopic (exact) mass is 250 g/mol. The highest BCUT2D eigenvalue weighted by Crippen LogP contribution is 2.30. The Morgan fingerprint density at radius 2 is 1.83 bits per heavy atom. The molecule has 3 rings (SSSR count). The molecule has 0 amide bonds. The van der Waals surface area contributed by atoms with E-state index in [1.54, 1.807) is 0 Å². The molecule has 0 N–H and O–H groups in total. The number of rotatable bonds is 3. The van der Waals surface area contributed by atoms with E-state index >= 15 is 0 Å². The molecule has 1 aliphatic carbocycles. The second-order valence-corrected chi connectivity index (χ2v) is 5.58. The first kappa shape index (κ1) is 12.2. The maximum Gasteiger partial charge on any atom is 0.229 e. The summed E-state index contributed by atoms with van der Waals surface area (Å²) < 4.78 is 11.1. The zero-order valence-corrected chi connectivity index (χ0v) is 10.9. The molecule has 4 heteroatoms. The maximum atomic E-state index is 5.61.